The monoisotopic (exact) mass is 268 g/mol. The molecule has 1 aromatic rings. The first-order chi connectivity index (χ1) is 8.39. The summed E-state index contributed by atoms with van der Waals surface area (Å²) in [5.74, 6) is 0.719. The third kappa shape index (κ3) is 2.61. The molecule has 0 amide bonds. The largest absolute Gasteiger partial charge is 0.396 e. The zero-order valence-corrected chi connectivity index (χ0v) is 11.7. The molecule has 4 nitrogen and oxygen atoms in total. The Morgan fingerprint density at radius 3 is 2.56 bits per heavy atom. The zero-order chi connectivity index (χ0) is 13.3. The molecule has 0 heterocycles. The predicted molar refractivity (Wildman–Crippen MR) is 74.6 cm³/mol. The lowest BCUT2D eigenvalue weighted by molar-refractivity contribution is 0.321. The van der Waals surface area contributed by atoms with Gasteiger partial charge < -0.3 is 10.6 Å². The van der Waals surface area contributed by atoms with E-state index in [0.717, 1.165) is 18.2 Å². The van der Waals surface area contributed by atoms with Gasteiger partial charge in [-0.2, -0.15) is 0 Å². The maximum absolute atomic E-state index is 11.6. The van der Waals surface area contributed by atoms with Crippen molar-refractivity contribution >= 4 is 21.2 Å². The van der Waals surface area contributed by atoms with Crippen LogP contribution in [-0.2, 0) is 9.84 Å². The summed E-state index contributed by atoms with van der Waals surface area (Å²) in [7, 11) is -1.29. The Morgan fingerprint density at radius 1 is 1.39 bits per heavy atom. The Balaban J connectivity index is 2.27. The standard InChI is InChI=1S/C13H20N2O2S/c1-15(9-10-5-3-6-10)11-7-4-8-12(13(11)14)18(2,16)17/h4,7-8,10H,3,5-6,9,14H2,1-2H3. The first kappa shape index (κ1) is 13.2. The van der Waals surface area contributed by atoms with E-state index in [1.54, 1.807) is 12.1 Å². The number of benzene rings is 1. The van der Waals surface area contributed by atoms with E-state index in [0.29, 0.717) is 5.69 Å². The van der Waals surface area contributed by atoms with Crippen molar-refractivity contribution in [1.29, 1.82) is 0 Å². The molecule has 2 rings (SSSR count). The van der Waals surface area contributed by atoms with Crippen molar-refractivity contribution in [3.63, 3.8) is 0 Å². The van der Waals surface area contributed by atoms with Crippen molar-refractivity contribution in [2.45, 2.75) is 24.2 Å². The minimum absolute atomic E-state index is 0.223. The molecule has 1 aromatic carbocycles. The first-order valence-electron chi connectivity index (χ1n) is 6.19. The van der Waals surface area contributed by atoms with E-state index in [1.807, 2.05) is 13.1 Å². The third-order valence-corrected chi connectivity index (χ3v) is 4.77. The summed E-state index contributed by atoms with van der Waals surface area (Å²) >= 11 is 0. The second-order valence-electron chi connectivity index (χ2n) is 5.14. The first-order valence-corrected chi connectivity index (χ1v) is 8.08. The van der Waals surface area contributed by atoms with Gasteiger partial charge in [-0.1, -0.05) is 12.5 Å². The van der Waals surface area contributed by atoms with Gasteiger partial charge in [0.15, 0.2) is 9.84 Å². The van der Waals surface area contributed by atoms with Gasteiger partial charge in [0.05, 0.1) is 16.3 Å². The molecule has 18 heavy (non-hydrogen) atoms. The Kier molecular flexibility index (Phi) is 3.52. The van der Waals surface area contributed by atoms with Gasteiger partial charge in [0.2, 0.25) is 0 Å². The molecule has 0 unspecified atom stereocenters. The molecule has 2 N–H and O–H groups in total. The van der Waals surface area contributed by atoms with Crippen LogP contribution in [0.1, 0.15) is 19.3 Å². The molecular weight excluding hydrogens is 248 g/mol. The van der Waals surface area contributed by atoms with E-state index in [2.05, 4.69) is 4.90 Å². The van der Waals surface area contributed by atoms with Gasteiger partial charge in [0.25, 0.3) is 0 Å². The number of nitrogens with two attached hydrogens (primary N) is 1. The molecular formula is C13H20N2O2S. The molecule has 0 aliphatic heterocycles. The van der Waals surface area contributed by atoms with E-state index < -0.39 is 9.84 Å². The van der Waals surface area contributed by atoms with E-state index in [1.165, 1.54) is 25.5 Å². The number of para-hydroxylation sites is 1. The summed E-state index contributed by atoms with van der Waals surface area (Å²) in [6.45, 7) is 0.942. The fourth-order valence-electron chi connectivity index (χ4n) is 2.35. The fourth-order valence-corrected chi connectivity index (χ4v) is 3.18. The smallest absolute Gasteiger partial charge is 0.177 e. The van der Waals surface area contributed by atoms with Gasteiger partial charge in [0, 0.05) is 19.8 Å². The number of hydrogen-bond acceptors (Lipinski definition) is 4. The Labute approximate surface area is 109 Å². The van der Waals surface area contributed by atoms with Gasteiger partial charge in [-0.15, -0.1) is 0 Å². The summed E-state index contributed by atoms with van der Waals surface area (Å²) in [5.41, 5.74) is 7.16. The lowest BCUT2D eigenvalue weighted by Crippen LogP contribution is -2.30. The molecule has 0 spiro atoms. The van der Waals surface area contributed by atoms with Crippen LogP contribution < -0.4 is 10.6 Å². The van der Waals surface area contributed by atoms with Crippen LogP contribution in [0.15, 0.2) is 23.1 Å². The number of nitrogen functional groups attached to an aromatic ring is 1. The zero-order valence-electron chi connectivity index (χ0n) is 10.9. The maximum Gasteiger partial charge on any atom is 0.177 e. The molecule has 5 heteroatoms. The van der Waals surface area contributed by atoms with Crippen molar-refractivity contribution in [3.05, 3.63) is 18.2 Å². The molecule has 0 aromatic heterocycles. The molecule has 0 bridgehead atoms. The highest BCUT2D eigenvalue weighted by molar-refractivity contribution is 7.90. The molecule has 100 valence electrons. The van der Waals surface area contributed by atoms with E-state index >= 15 is 0 Å². The second-order valence-corrected chi connectivity index (χ2v) is 7.12. The SMILES string of the molecule is CN(CC1CCC1)c1cccc(S(C)(=O)=O)c1N. The van der Waals surface area contributed by atoms with Crippen LogP contribution in [0.2, 0.25) is 0 Å². The molecule has 1 aliphatic rings. The summed E-state index contributed by atoms with van der Waals surface area (Å²) in [5, 5.41) is 0. The average Bonchev–Trinajstić information content (AvgIpc) is 2.21. The lowest BCUT2D eigenvalue weighted by atomic mass is 9.85. The molecule has 1 aliphatic carbocycles. The van der Waals surface area contributed by atoms with Gasteiger partial charge in [0.1, 0.15) is 0 Å². The van der Waals surface area contributed by atoms with Crippen molar-refractivity contribution < 1.29 is 8.42 Å². The number of sulfone groups is 1. The summed E-state index contributed by atoms with van der Waals surface area (Å²) in [4.78, 5) is 2.29. The second kappa shape index (κ2) is 4.80. The normalized spacial score (nSPS) is 16.3. The quantitative estimate of drug-likeness (QED) is 0.847. The summed E-state index contributed by atoms with van der Waals surface area (Å²) < 4.78 is 23.2. The minimum atomic E-state index is -3.26. The maximum atomic E-state index is 11.6. The van der Waals surface area contributed by atoms with Crippen LogP contribution in [-0.4, -0.2) is 28.3 Å². The van der Waals surface area contributed by atoms with Crippen molar-refractivity contribution in [1.82, 2.24) is 0 Å². The van der Waals surface area contributed by atoms with Crippen LogP contribution >= 0.6 is 0 Å². The predicted octanol–water partition coefficient (Wildman–Crippen LogP) is 1.91. The minimum Gasteiger partial charge on any atom is -0.396 e. The number of hydrogen-bond donors (Lipinski definition) is 1. The third-order valence-electron chi connectivity index (χ3n) is 3.61. The molecule has 0 radical (unpaired) electrons. The van der Waals surface area contributed by atoms with Crippen LogP contribution in [0.5, 0.6) is 0 Å². The van der Waals surface area contributed by atoms with E-state index in [4.69, 9.17) is 5.73 Å². The number of nitrogens with zero attached hydrogens (tertiary/aromatic N) is 1. The van der Waals surface area contributed by atoms with Crippen molar-refractivity contribution in [2.75, 3.05) is 30.5 Å². The van der Waals surface area contributed by atoms with E-state index in [9.17, 15) is 8.42 Å². The summed E-state index contributed by atoms with van der Waals surface area (Å²) in [6.07, 6.45) is 5.01. The molecule has 1 saturated carbocycles. The highest BCUT2D eigenvalue weighted by Crippen LogP contribution is 2.32. The Morgan fingerprint density at radius 2 is 2.06 bits per heavy atom. The van der Waals surface area contributed by atoms with Crippen LogP contribution in [0.25, 0.3) is 0 Å². The average molecular weight is 268 g/mol. The number of anilines is 2. The Bertz CT molecular complexity index is 536. The molecule has 0 saturated heterocycles. The van der Waals surface area contributed by atoms with E-state index in [-0.39, 0.29) is 4.90 Å². The highest BCUT2D eigenvalue weighted by atomic mass is 32.2. The Hall–Kier alpha value is -1.23. The van der Waals surface area contributed by atoms with Crippen LogP contribution in [0, 0.1) is 5.92 Å². The fraction of sp³-hybridized carbons (Fsp3) is 0.538. The van der Waals surface area contributed by atoms with Gasteiger partial charge in [-0.25, -0.2) is 8.42 Å². The highest BCUT2D eigenvalue weighted by Gasteiger charge is 2.21. The van der Waals surface area contributed by atoms with Gasteiger partial charge in [-0.05, 0) is 30.9 Å². The van der Waals surface area contributed by atoms with Crippen molar-refractivity contribution in [3.8, 4) is 0 Å². The van der Waals surface area contributed by atoms with Gasteiger partial charge in [-0.3, -0.25) is 0 Å². The van der Waals surface area contributed by atoms with Crippen LogP contribution in [0.4, 0.5) is 11.4 Å². The van der Waals surface area contributed by atoms with Crippen LogP contribution in [0.3, 0.4) is 0 Å². The van der Waals surface area contributed by atoms with Gasteiger partial charge >= 0.3 is 0 Å². The molecule has 1 fully saturated rings. The number of rotatable bonds is 4. The molecule has 0 atom stereocenters. The summed E-state index contributed by atoms with van der Waals surface area (Å²) in [6, 6.07) is 5.19. The topological polar surface area (TPSA) is 63.4 Å². The van der Waals surface area contributed by atoms with Crippen molar-refractivity contribution in [2.24, 2.45) is 5.92 Å². The lowest BCUT2D eigenvalue weighted by Gasteiger charge is -2.32.